The molecule has 2 bridgehead atoms. The third-order valence-electron chi connectivity index (χ3n) is 4.24. The number of likely N-dealkylation sites (tertiary alicyclic amines) is 1. The van der Waals surface area contributed by atoms with Crippen LogP contribution in [0.4, 0.5) is 13.2 Å². The molecule has 0 N–H and O–H groups in total. The third-order valence-corrected chi connectivity index (χ3v) is 4.24. The van der Waals surface area contributed by atoms with Crippen molar-refractivity contribution in [2.45, 2.75) is 37.6 Å². The van der Waals surface area contributed by atoms with E-state index in [-0.39, 0.29) is 0 Å². The van der Waals surface area contributed by atoms with Crippen LogP contribution in [0.5, 0.6) is 0 Å². The van der Waals surface area contributed by atoms with Crippen LogP contribution in [0.1, 0.15) is 24.4 Å². The summed E-state index contributed by atoms with van der Waals surface area (Å²) in [7, 11) is 2.13. The molecule has 3 heterocycles. The molecule has 2 unspecified atom stereocenters. The molecule has 3 nitrogen and oxygen atoms in total. The molecule has 0 aromatic carbocycles. The molecular formula is C13H17F3N2O. The summed E-state index contributed by atoms with van der Waals surface area (Å²) in [6.45, 7) is 2.29. The van der Waals surface area contributed by atoms with Crippen molar-refractivity contribution < 1.29 is 17.6 Å². The topological polar surface area (TPSA) is 19.6 Å². The minimum atomic E-state index is -4.39. The number of fused-ring (bicyclic) bond motifs is 2. The first kappa shape index (κ1) is 13.0. The average molecular weight is 274 g/mol. The van der Waals surface area contributed by atoms with E-state index in [0.717, 1.165) is 19.2 Å². The lowest BCUT2D eigenvalue weighted by Crippen LogP contribution is -2.51. The van der Waals surface area contributed by atoms with Crippen molar-refractivity contribution in [1.82, 2.24) is 9.80 Å². The predicted molar refractivity (Wildman–Crippen MR) is 63.6 cm³/mol. The maximum absolute atomic E-state index is 12.5. The Labute approximate surface area is 110 Å². The van der Waals surface area contributed by atoms with Gasteiger partial charge in [0.05, 0.1) is 6.54 Å². The Bertz CT molecular complexity index is 443. The molecule has 106 valence electrons. The van der Waals surface area contributed by atoms with Gasteiger partial charge in [0, 0.05) is 25.2 Å². The van der Waals surface area contributed by atoms with Crippen molar-refractivity contribution >= 4 is 0 Å². The number of hydrogen-bond donors (Lipinski definition) is 0. The summed E-state index contributed by atoms with van der Waals surface area (Å²) in [6, 6.07) is 3.52. The van der Waals surface area contributed by atoms with E-state index >= 15 is 0 Å². The highest BCUT2D eigenvalue weighted by molar-refractivity contribution is 5.10. The fourth-order valence-electron chi connectivity index (χ4n) is 3.17. The molecule has 2 saturated heterocycles. The Morgan fingerprint density at radius 1 is 1.21 bits per heavy atom. The molecule has 2 aliphatic rings. The van der Waals surface area contributed by atoms with E-state index in [9.17, 15) is 13.2 Å². The van der Waals surface area contributed by atoms with Gasteiger partial charge in [-0.15, -0.1) is 0 Å². The van der Waals surface area contributed by atoms with Crippen molar-refractivity contribution in [1.29, 1.82) is 0 Å². The molecule has 2 fully saturated rings. The van der Waals surface area contributed by atoms with Crippen molar-refractivity contribution in [3.8, 4) is 0 Å². The monoisotopic (exact) mass is 274 g/mol. The number of alkyl halides is 3. The molecule has 0 saturated carbocycles. The van der Waals surface area contributed by atoms with E-state index in [2.05, 4.69) is 16.8 Å². The highest BCUT2D eigenvalue weighted by Gasteiger charge is 2.38. The first-order valence-electron chi connectivity index (χ1n) is 6.53. The number of likely N-dealkylation sites (N-methyl/N-ethyl adjacent to an activating group) is 1. The SMILES string of the molecule is CN1C2CCC1CN(Cc1ccc(C(F)(F)F)o1)C2. The van der Waals surface area contributed by atoms with Gasteiger partial charge in [0.1, 0.15) is 5.76 Å². The Hall–Kier alpha value is -1.01. The van der Waals surface area contributed by atoms with Crippen LogP contribution in [0.3, 0.4) is 0 Å². The maximum atomic E-state index is 12.5. The summed E-state index contributed by atoms with van der Waals surface area (Å²) in [5.74, 6) is -0.504. The molecule has 1 aromatic heterocycles. The normalized spacial score (nSPS) is 29.1. The second kappa shape index (κ2) is 4.52. The molecule has 2 aliphatic heterocycles. The minimum Gasteiger partial charge on any atom is -0.455 e. The molecule has 0 aliphatic carbocycles. The maximum Gasteiger partial charge on any atom is 0.449 e. The Morgan fingerprint density at radius 3 is 2.37 bits per heavy atom. The lowest BCUT2D eigenvalue weighted by Gasteiger charge is -2.38. The second-order valence-electron chi connectivity index (χ2n) is 5.51. The Balaban J connectivity index is 1.65. The van der Waals surface area contributed by atoms with Gasteiger partial charge in [-0.1, -0.05) is 0 Å². The summed E-state index contributed by atoms with van der Waals surface area (Å²) in [6.07, 6.45) is -2.02. The van der Waals surface area contributed by atoms with Gasteiger partial charge in [-0.25, -0.2) is 0 Å². The van der Waals surface area contributed by atoms with E-state index in [1.54, 1.807) is 0 Å². The molecule has 0 radical (unpaired) electrons. The number of nitrogens with zero attached hydrogens (tertiary/aromatic N) is 2. The summed E-state index contributed by atoms with van der Waals surface area (Å²) >= 11 is 0. The van der Waals surface area contributed by atoms with Gasteiger partial charge in [-0.3, -0.25) is 9.80 Å². The first-order chi connectivity index (χ1) is 8.93. The van der Waals surface area contributed by atoms with Crippen molar-refractivity contribution in [2.24, 2.45) is 0 Å². The van der Waals surface area contributed by atoms with Gasteiger partial charge in [-0.05, 0) is 32.0 Å². The number of rotatable bonds is 2. The van der Waals surface area contributed by atoms with Crippen LogP contribution in [0.15, 0.2) is 16.5 Å². The number of halogens is 3. The number of hydrogen-bond acceptors (Lipinski definition) is 3. The third kappa shape index (κ3) is 2.51. The van der Waals surface area contributed by atoms with Crippen molar-refractivity contribution in [2.75, 3.05) is 20.1 Å². The standard InChI is InChI=1S/C13H17F3N2O/c1-17-9-2-3-10(17)7-18(6-9)8-11-4-5-12(19-11)13(14,15)16/h4-5,9-10H,2-3,6-8H2,1H3. The molecule has 1 aromatic rings. The molecule has 3 rings (SSSR count). The highest BCUT2D eigenvalue weighted by Crippen LogP contribution is 2.32. The van der Waals surface area contributed by atoms with E-state index in [0.29, 0.717) is 24.4 Å². The first-order valence-corrected chi connectivity index (χ1v) is 6.53. The quantitative estimate of drug-likeness (QED) is 0.826. The van der Waals surface area contributed by atoms with Crippen LogP contribution < -0.4 is 0 Å². The fourth-order valence-corrected chi connectivity index (χ4v) is 3.17. The lowest BCUT2D eigenvalue weighted by atomic mass is 10.2. The van der Waals surface area contributed by atoms with Crippen LogP contribution >= 0.6 is 0 Å². The van der Waals surface area contributed by atoms with E-state index < -0.39 is 11.9 Å². The predicted octanol–water partition coefficient (Wildman–Crippen LogP) is 2.58. The van der Waals surface area contributed by atoms with Crippen LogP contribution in [-0.4, -0.2) is 42.0 Å². The lowest BCUT2D eigenvalue weighted by molar-refractivity contribution is -0.153. The summed E-state index contributed by atoms with van der Waals surface area (Å²) in [5, 5.41) is 0. The largest absolute Gasteiger partial charge is 0.455 e. The van der Waals surface area contributed by atoms with E-state index in [4.69, 9.17) is 4.42 Å². The molecule has 0 amide bonds. The van der Waals surface area contributed by atoms with Crippen LogP contribution in [-0.2, 0) is 12.7 Å². The molecule has 2 atom stereocenters. The van der Waals surface area contributed by atoms with Gasteiger partial charge < -0.3 is 4.42 Å². The van der Waals surface area contributed by atoms with Gasteiger partial charge in [-0.2, -0.15) is 13.2 Å². The van der Waals surface area contributed by atoms with E-state index in [1.807, 2.05) is 0 Å². The molecule has 6 heteroatoms. The van der Waals surface area contributed by atoms with Gasteiger partial charge in [0.15, 0.2) is 0 Å². The van der Waals surface area contributed by atoms with Crippen LogP contribution in [0.2, 0.25) is 0 Å². The zero-order chi connectivity index (χ0) is 13.6. The highest BCUT2D eigenvalue weighted by atomic mass is 19.4. The number of piperazine rings is 1. The zero-order valence-corrected chi connectivity index (χ0v) is 10.8. The zero-order valence-electron chi connectivity index (χ0n) is 10.8. The Kier molecular flexibility index (Phi) is 3.09. The summed E-state index contributed by atoms with van der Waals surface area (Å²) in [5.41, 5.74) is 0. The molecular weight excluding hydrogens is 257 g/mol. The summed E-state index contributed by atoms with van der Waals surface area (Å²) in [4.78, 5) is 4.58. The average Bonchev–Trinajstić information content (AvgIpc) is 2.83. The summed E-state index contributed by atoms with van der Waals surface area (Å²) < 4.78 is 42.2. The van der Waals surface area contributed by atoms with E-state index in [1.165, 1.54) is 18.9 Å². The fraction of sp³-hybridized carbons (Fsp3) is 0.692. The van der Waals surface area contributed by atoms with Crippen molar-refractivity contribution in [3.05, 3.63) is 23.7 Å². The Morgan fingerprint density at radius 2 is 1.84 bits per heavy atom. The van der Waals surface area contributed by atoms with Gasteiger partial charge in [0.2, 0.25) is 5.76 Å². The molecule has 0 spiro atoms. The van der Waals surface area contributed by atoms with Crippen LogP contribution in [0, 0.1) is 0 Å². The minimum absolute atomic E-state index is 0.399. The smallest absolute Gasteiger partial charge is 0.449 e. The van der Waals surface area contributed by atoms with Crippen molar-refractivity contribution in [3.63, 3.8) is 0 Å². The van der Waals surface area contributed by atoms with Crippen LogP contribution in [0.25, 0.3) is 0 Å². The molecule has 19 heavy (non-hydrogen) atoms. The second-order valence-corrected chi connectivity index (χ2v) is 5.51. The van der Waals surface area contributed by atoms with Gasteiger partial charge in [0.25, 0.3) is 0 Å². The van der Waals surface area contributed by atoms with Gasteiger partial charge >= 0.3 is 6.18 Å². The number of furan rings is 1.